The van der Waals surface area contributed by atoms with Crippen molar-refractivity contribution in [2.75, 3.05) is 27.7 Å². The monoisotopic (exact) mass is 508 g/mol. The fourth-order valence-corrected chi connectivity index (χ4v) is 3.02. The molecule has 2 unspecified atom stereocenters. The molecular formula is C23H33IN4O. The van der Waals surface area contributed by atoms with E-state index in [9.17, 15) is 4.79 Å². The lowest BCUT2D eigenvalue weighted by Crippen LogP contribution is -2.44. The number of nitrogens with zero attached hydrogens (tertiary/aromatic N) is 2. The number of guanidine groups is 1. The maximum Gasteiger partial charge on any atom is 0.253 e. The standard InChI is InChI=1S/C23H32N4O.HI/c1-17(20-11-7-6-8-12-20)18(2)26-23(24-3)25-15-14-19-10-9-13-21(16-19)22(28)27(4)5;/h6-13,16-18H,14-15H2,1-5H3,(H2,24,25,26);1H. The molecule has 1 amide bonds. The number of carbonyl (C=O) groups is 1. The van der Waals surface area contributed by atoms with Crippen LogP contribution in [0.4, 0.5) is 0 Å². The van der Waals surface area contributed by atoms with Crippen LogP contribution in [0.25, 0.3) is 0 Å². The van der Waals surface area contributed by atoms with Gasteiger partial charge in [-0.3, -0.25) is 9.79 Å². The Labute approximate surface area is 192 Å². The molecular weight excluding hydrogens is 475 g/mol. The zero-order chi connectivity index (χ0) is 20.5. The number of carbonyl (C=O) groups excluding carboxylic acids is 1. The van der Waals surface area contributed by atoms with Crippen LogP contribution < -0.4 is 10.6 Å². The molecule has 158 valence electrons. The molecule has 2 aromatic rings. The summed E-state index contributed by atoms with van der Waals surface area (Å²) in [4.78, 5) is 18.0. The third-order valence-electron chi connectivity index (χ3n) is 4.95. The Hall–Kier alpha value is -2.09. The lowest BCUT2D eigenvalue weighted by molar-refractivity contribution is 0.0827. The van der Waals surface area contributed by atoms with Crippen molar-refractivity contribution in [3.8, 4) is 0 Å². The molecule has 0 aliphatic carbocycles. The van der Waals surface area contributed by atoms with Crippen molar-refractivity contribution in [3.05, 3.63) is 71.3 Å². The molecule has 0 aliphatic rings. The van der Waals surface area contributed by atoms with Gasteiger partial charge in [0.15, 0.2) is 5.96 Å². The van der Waals surface area contributed by atoms with Gasteiger partial charge in [0.2, 0.25) is 0 Å². The van der Waals surface area contributed by atoms with E-state index in [0.29, 0.717) is 5.92 Å². The predicted octanol–water partition coefficient (Wildman–Crippen LogP) is 3.91. The first kappa shape index (κ1) is 24.9. The summed E-state index contributed by atoms with van der Waals surface area (Å²) in [7, 11) is 5.32. The van der Waals surface area contributed by atoms with E-state index < -0.39 is 0 Å². The average molecular weight is 508 g/mol. The topological polar surface area (TPSA) is 56.7 Å². The molecule has 2 aromatic carbocycles. The minimum Gasteiger partial charge on any atom is -0.356 e. The Morgan fingerprint density at radius 3 is 2.38 bits per heavy atom. The molecule has 29 heavy (non-hydrogen) atoms. The third kappa shape index (κ3) is 7.68. The van der Waals surface area contributed by atoms with Crippen molar-refractivity contribution in [3.63, 3.8) is 0 Å². The summed E-state index contributed by atoms with van der Waals surface area (Å²) in [6.07, 6.45) is 0.817. The SMILES string of the molecule is CN=C(NCCc1cccc(C(=O)N(C)C)c1)NC(C)C(C)c1ccccc1.I. The van der Waals surface area contributed by atoms with Crippen LogP contribution in [0.5, 0.6) is 0 Å². The summed E-state index contributed by atoms with van der Waals surface area (Å²) in [6, 6.07) is 18.5. The van der Waals surface area contributed by atoms with Gasteiger partial charge in [0, 0.05) is 45.2 Å². The van der Waals surface area contributed by atoms with Crippen molar-refractivity contribution in [1.29, 1.82) is 0 Å². The van der Waals surface area contributed by atoms with Crippen LogP contribution in [-0.2, 0) is 6.42 Å². The zero-order valence-electron chi connectivity index (χ0n) is 18.0. The van der Waals surface area contributed by atoms with E-state index in [1.165, 1.54) is 5.56 Å². The van der Waals surface area contributed by atoms with Crippen molar-refractivity contribution in [1.82, 2.24) is 15.5 Å². The first-order valence-electron chi connectivity index (χ1n) is 9.75. The summed E-state index contributed by atoms with van der Waals surface area (Å²) in [5.74, 6) is 1.18. The fraction of sp³-hybridized carbons (Fsp3) is 0.391. The molecule has 0 saturated heterocycles. The lowest BCUT2D eigenvalue weighted by atomic mass is 9.94. The van der Waals surface area contributed by atoms with E-state index in [0.717, 1.165) is 30.1 Å². The van der Waals surface area contributed by atoms with Gasteiger partial charge in [0.25, 0.3) is 5.91 Å². The highest BCUT2D eigenvalue weighted by Gasteiger charge is 2.15. The molecule has 0 heterocycles. The molecule has 0 bridgehead atoms. The van der Waals surface area contributed by atoms with Gasteiger partial charge < -0.3 is 15.5 Å². The number of aliphatic imine (C=N–C) groups is 1. The summed E-state index contributed by atoms with van der Waals surface area (Å²) < 4.78 is 0. The summed E-state index contributed by atoms with van der Waals surface area (Å²) in [5, 5.41) is 6.84. The van der Waals surface area contributed by atoms with Crippen LogP contribution >= 0.6 is 24.0 Å². The van der Waals surface area contributed by atoms with Crippen LogP contribution in [0.15, 0.2) is 59.6 Å². The van der Waals surface area contributed by atoms with Gasteiger partial charge in [-0.05, 0) is 36.6 Å². The van der Waals surface area contributed by atoms with E-state index in [1.54, 1.807) is 26.0 Å². The minimum absolute atomic E-state index is 0. The van der Waals surface area contributed by atoms with Gasteiger partial charge in [0.05, 0.1) is 0 Å². The molecule has 6 heteroatoms. The number of hydrogen-bond acceptors (Lipinski definition) is 2. The Bertz CT molecular complexity index is 792. The maximum absolute atomic E-state index is 12.1. The molecule has 5 nitrogen and oxygen atoms in total. The highest BCUT2D eigenvalue weighted by atomic mass is 127. The lowest BCUT2D eigenvalue weighted by Gasteiger charge is -2.24. The van der Waals surface area contributed by atoms with Crippen molar-refractivity contribution < 1.29 is 4.79 Å². The van der Waals surface area contributed by atoms with E-state index in [4.69, 9.17) is 0 Å². The highest BCUT2D eigenvalue weighted by Crippen LogP contribution is 2.18. The Balaban J connectivity index is 0.00000420. The van der Waals surface area contributed by atoms with Crippen molar-refractivity contribution in [2.24, 2.45) is 4.99 Å². The minimum atomic E-state index is 0. The molecule has 0 aliphatic heterocycles. The van der Waals surface area contributed by atoms with E-state index in [-0.39, 0.29) is 35.9 Å². The quantitative estimate of drug-likeness (QED) is 0.339. The number of rotatable bonds is 7. The van der Waals surface area contributed by atoms with Crippen LogP contribution in [0.3, 0.4) is 0 Å². The first-order valence-corrected chi connectivity index (χ1v) is 9.75. The smallest absolute Gasteiger partial charge is 0.253 e. The van der Waals surface area contributed by atoms with Gasteiger partial charge in [-0.2, -0.15) is 0 Å². The Morgan fingerprint density at radius 1 is 1.07 bits per heavy atom. The first-order chi connectivity index (χ1) is 13.4. The molecule has 0 aromatic heterocycles. The number of nitrogens with one attached hydrogen (secondary N) is 2. The second kappa shape index (κ2) is 12.5. The predicted molar refractivity (Wildman–Crippen MR) is 132 cm³/mol. The summed E-state index contributed by atoms with van der Waals surface area (Å²) >= 11 is 0. The van der Waals surface area contributed by atoms with E-state index in [2.05, 4.69) is 53.7 Å². The van der Waals surface area contributed by atoms with Crippen LogP contribution in [-0.4, -0.2) is 50.5 Å². The summed E-state index contributed by atoms with van der Waals surface area (Å²) in [6.45, 7) is 5.13. The number of hydrogen-bond donors (Lipinski definition) is 2. The largest absolute Gasteiger partial charge is 0.356 e. The van der Waals surface area contributed by atoms with Crippen LogP contribution in [0, 0.1) is 0 Å². The summed E-state index contributed by atoms with van der Waals surface area (Å²) in [5.41, 5.74) is 3.15. The van der Waals surface area contributed by atoms with Gasteiger partial charge in [-0.1, -0.05) is 49.4 Å². The molecule has 0 fully saturated rings. The number of benzene rings is 2. The fourth-order valence-electron chi connectivity index (χ4n) is 3.02. The van der Waals surface area contributed by atoms with E-state index in [1.807, 2.05) is 30.3 Å². The number of halogens is 1. The van der Waals surface area contributed by atoms with Gasteiger partial charge in [0.1, 0.15) is 0 Å². The third-order valence-corrected chi connectivity index (χ3v) is 4.95. The molecule has 0 spiro atoms. The molecule has 2 atom stereocenters. The van der Waals surface area contributed by atoms with Crippen molar-refractivity contribution >= 4 is 35.8 Å². The molecule has 2 rings (SSSR count). The average Bonchev–Trinajstić information content (AvgIpc) is 2.72. The van der Waals surface area contributed by atoms with E-state index >= 15 is 0 Å². The molecule has 0 radical (unpaired) electrons. The van der Waals surface area contributed by atoms with Gasteiger partial charge in [-0.25, -0.2) is 0 Å². The van der Waals surface area contributed by atoms with Gasteiger partial charge in [-0.15, -0.1) is 24.0 Å². The molecule has 2 N–H and O–H groups in total. The van der Waals surface area contributed by atoms with Crippen LogP contribution in [0.1, 0.15) is 41.3 Å². The second-order valence-electron chi connectivity index (χ2n) is 7.28. The Kier molecular flexibility index (Phi) is 10.7. The Morgan fingerprint density at radius 2 is 1.76 bits per heavy atom. The maximum atomic E-state index is 12.1. The highest BCUT2D eigenvalue weighted by molar-refractivity contribution is 14.0. The number of amides is 1. The van der Waals surface area contributed by atoms with Gasteiger partial charge >= 0.3 is 0 Å². The normalized spacial score (nSPS) is 13.1. The molecule has 0 saturated carbocycles. The van der Waals surface area contributed by atoms with Crippen molar-refractivity contribution in [2.45, 2.75) is 32.2 Å². The zero-order valence-corrected chi connectivity index (χ0v) is 20.3. The second-order valence-corrected chi connectivity index (χ2v) is 7.28. The van der Waals surface area contributed by atoms with Crippen LogP contribution in [0.2, 0.25) is 0 Å².